The molecule has 0 bridgehead atoms. The van der Waals surface area contributed by atoms with Gasteiger partial charge in [-0.2, -0.15) is 0 Å². The molecule has 1 fully saturated rings. The maximum Gasteiger partial charge on any atom is 0.407 e. The fraction of sp³-hybridized carbons (Fsp3) is 0.464. The summed E-state index contributed by atoms with van der Waals surface area (Å²) in [7, 11) is 0. The second kappa shape index (κ2) is 10.1. The smallest absolute Gasteiger partial charge is 0.407 e. The molecule has 0 radical (unpaired) electrons. The number of nitrogens with one attached hydrogen (secondary N) is 1. The van der Waals surface area contributed by atoms with Crippen LogP contribution in [-0.4, -0.2) is 71.2 Å². The van der Waals surface area contributed by atoms with Gasteiger partial charge in [-0.15, -0.1) is 0 Å². The molecule has 2 aliphatic rings. The topological polar surface area (TPSA) is 114 Å². The summed E-state index contributed by atoms with van der Waals surface area (Å²) in [5, 5.41) is 12.2. The minimum Gasteiger partial charge on any atom is -0.480 e. The van der Waals surface area contributed by atoms with Crippen LogP contribution < -0.4 is 5.32 Å². The Morgan fingerprint density at radius 2 is 1.65 bits per heavy atom. The third-order valence-electron chi connectivity index (χ3n) is 6.63. The molecular weight excluding hydrogens is 476 g/mol. The summed E-state index contributed by atoms with van der Waals surface area (Å²) in [5.41, 5.74) is 2.60. The van der Waals surface area contributed by atoms with Crippen molar-refractivity contribution < 1.29 is 33.7 Å². The van der Waals surface area contributed by atoms with E-state index in [0.29, 0.717) is 0 Å². The number of alkyl carbamates (subject to hydrolysis) is 1. The molecule has 9 heteroatoms. The number of carboxylic acid groups (broad SMARTS) is 1. The number of amides is 2. The maximum absolute atomic E-state index is 13.5. The number of ether oxygens (including phenoxy) is 3. The predicted octanol–water partition coefficient (Wildman–Crippen LogP) is 3.76. The Morgan fingerprint density at radius 3 is 2.19 bits per heavy atom. The van der Waals surface area contributed by atoms with Gasteiger partial charge in [0.2, 0.25) is 0 Å². The Kier molecular flexibility index (Phi) is 7.30. The number of benzene rings is 2. The van der Waals surface area contributed by atoms with Crippen molar-refractivity contribution in [3.05, 3.63) is 59.7 Å². The average molecular weight is 511 g/mol. The second-order valence-corrected chi connectivity index (χ2v) is 10.8. The zero-order chi connectivity index (χ0) is 27.0. The molecule has 2 amide bonds. The lowest BCUT2D eigenvalue weighted by Crippen LogP contribution is -2.59. The molecule has 4 rings (SSSR count). The van der Waals surface area contributed by atoms with Gasteiger partial charge >= 0.3 is 12.1 Å². The molecule has 0 unspecified atom stereocenters. The molecule has 1 aliphatic carbocycles. The van der Waals surface area contributed by atoms with E-state index in [9.17, 15) is 19.5 Å². The van der Waals surface area contributed by atoms with Gasteiger partial charge in [0.15, 0.2) is 6.04 Å². The van der Waals surface area contributed by atoms with E-state index in [4.69, 9.17) is 14.2 Å². The van der Waals surface area contributed by atoms with E-state index < -0.39 is 41.4 Å². The predicted molar refractivity (Wildman–Crippen MR) is 136 cm³/mol. The first kappa shape index (κ1) is 26.6. The Bertz CT molecular complexity index is 1140. The third kappa shape index (κ3) is 5.62. The number of hydrogen-bond acceptors (Lipinski definition) is 6. The monoisotopic (exact) mass is 510 g/mol. The zero-order valence-corrected chi connectivity index (χ0v) is 21.8. The fourth-order valence-electron chi connectivity index (χ4n) is 4.86. The second-order valence-electron chi connectivity index (χ2n) is 10.8. The number of carbonyl (C=O) groups is 3. The highest BCUT2D eigenvalue weighted by atomic mass is 16.6. The van der Waals surface area contributed by atoms with E-state index in [0.717, 1.165) is 27.2 Å². The van der Waals surface area contributed by atoms with Crippen molar-refractivity contribution >= 4 is 18.0 Å². The van der Waals surface area contributed by atoms with Crippen LogP contribution in [0.25, 0.3) is 11.1 Å². The molecule has 1 aliphatic heterocycles. The summed E-state index contributed by atoms with van der Waals surface area (Å²) in [6.45, 7) is 8.47. The summed E-state index contributed by atoms with van der Waals surface area (Å²) in [6.07, 6.45) is -0.789. The molecule has 0 aromatic heterocycles. The molecule has 2 atom stereocenters. The molecule has 1 saturated heterocycles. The van der Waals surface area contributed by atoms with E-state index in [-0.39, 0.29) is 25.7 Å². The normalized spacial score (nSPS) is 19.2. The molecule has 1 heterocycles. The van der Waals surface area contributed by atoms with Crippen LogP contribution in [0.4, 0.5) is 4.79 Å². The highest BCUT2D eigenvalue weighted by Gasteiger charge is 2.49. The third-order valence-corrected chi connectivity index (χ3v) is 6.63. The van der Waals surface area contributed by atoms with Crippen molar-refractivity contribution in [1.82, 2.24) is 10.2 Å². The van der Waals surface area contributed by atoms with Gasteiger partial charge in [-0.3, -0.25) is 9.69 Å². The largest absolute Gasteiger partial charge is 0.480 e. The van der Waals surface area contributed by atoms with Gasteiger partial charge < -0.3 is 24.6 Å². The molecule has 0 spiro atoms. The molecule has 37 heavy (non-hydrogen) atoms. The summed E-state index contributed by atoms with van der Waals surface area (Å²) in [6, 6.07) is 13.6. The average Bonchev–Trinajstić information content (AvgIpc) is 3.33. The number of nitrogens with zero attached hydrogens (tertiary/aromatic N) is 1. The van der Waals surface area contributed by atoms with Crippen LogP contribution in [0.1, 0.15) is 51.7 Å². The summed E-state index contributed by atoms with van der Waals surface area (Å²) in [5.74, 6) is -1.94. The van der Waals surface area contributed by atoms with Crippen molar-refractivity contribution in [3.63, 3.8) is 0 Å². The minimum atomic E-state index is -1.18. The van der Waals surface area contributed by atoms with Gasteiger partial charge in [0, 0.05) is 5.92 Å². The van der Waals surface area contributed by atoms with Crippen LogP contribution in [0, 0.1) is 0 Å². The summed E-state index contributed by atoms with van der Waals surface area (Å²) < 4.78 is 17.0. The molecule has 2 aromatic rings. The fourth-order valence-corrected chi connectivity index (χ4v) is 4.86. The van der Waals surface area contributed by atoms with Crippen molar-refractivity contribution in [2.75, 3.05) is 19.8 Å². The van der Waals surface area contributed by atoms with Gasteiger partial charge in [0.1, 0.15) is 18.4 Å². The Morgan fingerprint density at radius 1 is 1.08 bits per heavy atom. The quantitative estimate of drug-likeness (QED) is 0.583. The van der Waals surface area contributed by atoms with Gasteiger partial charge in [-0.05, 0) is 56.9 Å². The van der Waals surface area contributed by atoms with Crippen LogP contribution in [0.3, 0.4) is 0 Å². The van der Waals surface area contributed by atoms with Crippen molar-refractivity contribution in [2.45, 2.75) is 63.9 Å². The number of hydrogen-bond donors (Lipinski definition) is 2. The van der Waals surface area contributed by atoms with Crippen LogP contribution in [-0.2, 0) is 23.8 Å². The first-order valence-electron chi connectivity index (χ1n) is 12.3. The van der Waals surface area contributed by atoms with E-state index in [2.05, 4.69) is 5.32 Å². The lowest BCUT2D eigenvalue weighted by molar-refractivity contribution is -0.158. The van der Waals surface area contributed by atoms with E-state index in [1.54, 1.807) is 13.8 Å². The molecule has 2 N–H and O–H groups in total. The first-order chi connectivity index (χ1) is 17.4. The van der Waals surface area contributed by atoms with Crippen LogP contribution >= 0.6 is 0 Å². The van der Waals surface area contributed by atoms with Crippen LogP contribution in [0.15, 0.2) is 48.5 Å². The van der Waals surface area contributed by atoms with Crippen LogP contribution in [0.2, 0.25) is 0 Å². The molecule has 198 valence electrons. The number of carbonyl (C=O) groups excluding carboxylic acids is 2. The lowest BCUT2D eigenvalue weighted by Gasteiger charge is -2.35. The standard InChI is InChI=1S/C28H34N2O7/c1-27(2,3)36-15-22(24(31)30-23(25(32)33)16-37-28(30,4)5)29-26(34)35-14-21-19-12-8-6-10-17(19)18-11-7-9-13-20(18)21/h6-13,21-23H,14-16H2,1-5H3,(H,29,34)(H,32,33)/t22-,23+/m1/s1. The number of carboxylic acids is 1. The van der Waals surface area contributed by atoms with Crippen molar-refractivity contribution in [3.8, 4) is 11.1 Å². The lowest BCUT2D eigenvalue weighted by atomic mass is 9.98. The molecule has 9 nitrogen and oxygen atoms in total. The number of fused-ring (bicyclic) bond motifs is 3. The van der Waals surface area contributed by atoms with E-state index >= 15 is 0 Å². The van der Waals surface area contributed by atoms with E-state index in [1.807, 2.05) is 69.3 Å². The summed E-state index contributed by atoms with van der Waals surface area (Å²) >= 11 is 0. The Labute approximate surface area is 216 Å². The van der Waals surface area contributed by atoms with Crippen molar-refractivity contribution in [1.29, 1.82) is 0 Å². The number of aliphatic carboxylic acids is 1. The molecule has 2 aromatic carbocycles. The van der Waals surface area contributed by atoms with E-state index in [1.165, 1.54) is 0 Å². The minimum absolute atomic E-state index is 0.0803. The molecular formula is C28H34N2O7. The molecule has 0 saturated carbocycles. The zero-order valence-electron chi connectivity index (χ0n) is 21.8. The summed E-state index contributed by atoms with van der Waals surface area (Å²) in [4.78, 5) is 39.4. The van der Waals surface area contributed by atoms with Gasteiger partial charge in [0.05, 0.1) is 18.8 Å². The van der Waals surface area contributed by atoms with Crippen molar-refractivity contribution in [2.24, 2.45) is 0 Å². The van der Waals surface area contributed by atoms with Gasteiger partial charge in [-0.1, -0.05) is 48.5 Å². The Hall–Kier alpha value is -3.43. The Balaban J connectivity index is 1.50. The highest BCUT2D eigenvalue weighted by Crippen LogP contribution is 2.44. The SMILES string of the molecule is CC(C)(C)OC[C@@H](NC(=O)OCC1c2ccccc2-c2ccccc21)C(=O)N1[C@H](C(=O)O)COC1(C)C. The van der Waals surface area contributed by atoms with Crippen LogP contribution in [0.5, 0.6) is 0 Å². The van der Waals surface area contributed by atoms with Gasteiger partial charge in [0.25, 0.3) is 5.91 Å². The first-order valence-corrected chi connectivity index (χ1v) is 12.3. The highest BCUT2D eigenvalue weighted by molar-refractivity contribution is 5.90. The van der Waals surface area contributed by atoms with Gasteiger partial charge in [-0.25, -0.2) is 9.59 Å². The maximum atomic E-state index is 13.5. The number of rotatable bonds is 7.